The molecule has 0 saturated heterocycles. The van der Waals surface area contributed by atoms with Crippen molar-refractivity contribution in [2.75, 3.05) is 6.79 Å². The highest BCUT2D eigenvalue weighted by Crippen LogP contribution is 2.20. The molecule has 2 heteroatoms. The third-order valence-electron chi connectivity index (χ3n) is 2.36. The Balaban J connectivity index is 1.97. The first-order valence-electron chi connectivity index (χ1n) is 4.84. The molecular weight excluding hydrogens is 176 g/mol. The van der Waals surface area contributed by atoms with Gasteiger partial charge in [-0.05, 0) is 12.0 Å². The predicted octanol–water partition coefficient (Wildman–Crippen LogP) is 2.71. The topological polar surface area (TPSA) is 18.5 Å². The van der Waals surface area contributed by atoms with Gasteiger partial charge in [-0.25, -0.2) is 0 Å². The lowest BCUT2D eigenvalue weighted by atomic mass is 10.00. The summed E-state index contributed by atoms with van der Waals surface area (Å²) in [6.45, 7) is 2.52. The van der Waals surface area contributed by atoms with Crippen LogP contribution in [0.4, 0.5) is 0 Å². The second-order valence-corrected chi connectivity index (χ2v) is 3.54. The second-order valence-electron chi connectivity index (χ2n) is 3.54. The van der Waals surface area contributed by atoms with Crippen LogP contribution in [0.25, 0.3) is 0 Å². The molecule has 14 heavy (non-hydrogen) atoms. The lowest BCUT2D eigenvalue weighted by Gasteiger charge is -2.10. The van der Waals surface area contributed by atoms with Crippen molar-refractivity contribution >= 4 is 0 Å². The van der Waals surface area contributed by atoms with Crippen LogP contribution in [0.3, 0.4) is 0 Å². The molecule has 74 valence electrons. The Morgan fingerprint density at radius 1 is 1.29 bits per heavy atom. The van der Waals surface area contributed by atoms with Crippen LogP contribution in [-0.4, -0.2) is 6.79 Å². The lowest BCUT2D eigenvalue weighted by molar-refractivity contribution is 0.0717. The summed E-state index contributed by atoms with van der Waals surface area (Å²) in [7, 11) is 0. The summed E-state index contributed by atoms with van der Waals surface area (Å²) >= 11 is 0. The molecule has 0 bridgehead atoms. The van der Waals surface area contributed by atoms with E-state index in [1.54, 1.807) is 6.26 Å². The van der Waals surface area contributed by atoms with E-state index in [-0.39, 0.29) is 0 Å². The Labute approximate surface area is 84.2 Å². The molecule has 2 rings (SSSR count). The van der Waals surface area contributed by atoms with E-state index in [1.165, 1.54) is 5.56 Å². The molecule has 0 fully saturated rings. The van der Waals surface area contributed by atoms with Gasteiger partial charge in [-0.2, -0.15) is 0 Å². The van der Waals surface area contributed by atoms with E-state index in [0.29, 0.717) is 12.7 Å². The number of rotatable bonds is 3. The summed E-state index contributed by atoms with van der Waals surface area (Å²) in [5, 5.41) is 0. The highest BCUT2D eigenvalue weighted by molar-refractivity contribution is 5.16. The molecular formula is C12H14O2. The van der Waals surface area contributed by atoms with Crippen molar-refractivity contribution in [2.24, 2.45) is 5.92 Å². The quantitative estimate of drug-likeness (QED) is 0.729. The fourth-order valence-electron chi connectivity index (χ4n) is 1.58. The van der Waals surface area contributed by atoms with E-state index in [2.05, 4.69) is 31.2 Å². The molecule has 0 saturated carbocycles. The molecule has 1 atom stereocenters. The van der Waals surface area contributed by atoms with Gasteiger partial charge < -0.3 is 9.47 Å². The second kappa shape index (κ2) is 4.18. The first-order valence-corrected chi connectivity index (χ1v) is 4.84. The van der Waals surface area contributed by atoms with Gasteiger partial charge in [-0.1, -0.05) is 37.3 Å². The molecule has 0 N–H and O–H groups in total. The Morgan fingerprint density at radius 3 is 2.71 bits per heavy atom. The average molecular weight is 190 g/mol. The summed E-state index contributed by atoms with van der Waals surface area (Å²) < 4.78 is 10.4. The summed E-state index contributed by atoms with van der Waals surface area (Å²) in [6.07, 6.45) is 2.71. The van der Waals surface area contributed by atoms with E-state index < -0.39 is 0 Å². The minimum Gasteiger partial charge on any atom is -0.462 e. The predicted molar refractivity (Wildman–Crippen MR) is 54.4 cm³/mol. The summed E-state index contributed by atoms with van der Waals surface area (Å²) in [5.74, 6) is 1.34. The number of allylic oxidation sites excluding steroid dienone is 1. The number of hydrogen-bond acceptors (Lipinski definition) is 2. The Kier molecular flexibility index (Phi) is 2.73. The summed E-state index contributed by atoms with van der Waals surface area (Å²) in [4.78, 5) is 0. The van der Waals surface area contributed by atoms with Gasteiger partial charge >= 0.3 is 0 Å². The molecule has 1 aromatic rings. The molecule has 1 aromatic carbocycles. The third kappa shape index (κ3) is 2.08. The van der Waals surface area contributed by atoms with Crippen molar-refractivity contribution in [3.8, 4) is 0 Å². The van der Waals surface area contributed by atoms with Gasteiger partial charge in [0.25, 0.3) is 0 Å². The average Bonchev–Trinajstić information content (AvgIpc) is 2.72. The largest absolute Gasteiger partial charge is 0.462 e. The number of ether oxygens (including phenoxy) is 2. The lowest BCUT2D eigenvalue weighted by Crippen LogP contribution is -2.04. The van der Waals surface area contributed by atoms with E-state index in [4.69, 9.17) is 9.47 Å². The number of hydrogen-bond donors (Lipinski definition) is 0. The van der Waals surface area contributed by atoms with Gasteiger partial charge in [0.2, 0.25) is 6.79 Å². The zero-order chi connectivity index (χ0) is 9.80. The van der Waals surface area contributed by atoms with Gasteiger partial charge in [-0.15, -0.1) is 0 Å². The van der Waals surface area contributed by atoms with Gasteiger partial charge in [0, 0.05) is 5.92 Å². The van der Waals surface area contributed by atoms with Crippen LogP contribution in [0.1, 0.15) is 12.5 Å². The minimum atomic E-state index is 0.370. The smallest absolute Gasteiger partial charge is 0.229 e. The zero-order valence-electron chi connectivity index (χ0n) is 8.27. The molecule has 1 aliphatic rings. The van der Waals surface area contributed by atoms with Crippen molar-refractivity contribution in [3.63, 3.8) is 0 Å². The Bertz CT molecular complexity index is 316. The maximum absolute atomic E-state index is 5.33. The van der Waals surface area contributed by atoms with Crippen LogP contribution in [0.2, 0.25) is 0 Å². The van der Waals surface area contributed by atoms with Crippen LogP contribution >= 0.6 is 0 Å². The molecule has 2 nitrogen and oxygen atoms in total. The van der Waals surface area contributed by atoms with Gasteiger partial charge in [-0.3, -0.25) is 0 Å². The van der Waals surface area contributed by atoms with E-state index >= 15 is 0 Å². The van der Waals surface area contributed by atoms with Crippen LogP contribution in [-0.2, 0) is 15.9 Å². The molecule has 1 heterocycles. The molecule has 1 aliphatic heterocycles. The molecule has 0 aliphatic carbocycles. The van der Waals surface area contributed by atoms with Gasteiger partial charge in [0.15, 0.2) is 0 Å². The molecule has 0 aromatic heterocycles. The summed E-state index contributed by atoms with van der Waals surface area (Å²) in [5.41, 5.74) is 1.33. The Hall–Kier alpha value is -1.44. The van der Waals surface area contributed by atoms with Crippen LogP contribution < -0.4 is 0 Å². The molecule has 0 amide bonds. The molecule has 1 unspecified atom stereocenters. The fraction of sp³-hybridized carbons (Fsp3) is 0.333. The van der Waals surface area contributed by atoms with Crippen LogP contribution in [0.5, 0.6) is 0 Å². The standard InChI is InChI=1S/C12H14O2/c1-10(12-8-13-9-14-12)7-11-5-3-2-4-6-11/h2-6,8,10H,7,9H2,1H3. The van der Waals surface area contributed by atoms with E-state index in [9.17, 15) is 0 Å². The van der Waals surface area contributed by atoms with Crippen molar-refractivity contribution in [3.05, 3.63) is 47.9 Å². The minimum absolute atomic E-state index is 0.370. The normalized spacial score (nSPS) is 16.8. The molecule has 0 radical (unpaired) electrons. The van der Waals surface area contributed by atoms with Crippen LogP contribution in [0.15, 0.2) is 42.4 Å². The maximum atomic E-state index is 5.33. The monoisotopic (exact) mass is 190 g/mol. The highest BCUT2D eigenvalue weighted by Gasteiger charge is 2.15. The van der Waals surface area contributed by atoms with Crippen molar-refractivity contribution in [2.45, 2.75) is 13.3 Å². The third-order valence-corrected chi connectivity index (χ3v) is 2.36. The summed E-state index contributed by atoms with van der Waals surface area (Å²) in [6, 6.07) is 10.4. The van der Waals surface area contributed by atoms with Crippen molar-refractivity contribution in [1.29, 1.82) is 0 Å². The van der Waals surface area contributed by atoms with Crippen LogP contribution in [0, 0.1) is 5.92 Å². The molecule has 0 spiro atoms. The first-order chi connectivity index (χ1) is 6.86. The van der Waals surface area contributed by atoms with Crippen molar-refractivity contribution in [1.82, 2.24) is 0 Å². The Morgan fingerprint density at radius 2 is 2.07 bits per heavy atom. The van der Waals surface area contributed by atoms with E-state index in [0.717, 1.165) is 12.2 Å². The number of benzene rings is 1. The van der Waals surface area contributed by atoms with E-state index in [1.807, 2.05) is 6.07 Å². The van der Waals surface area contributed by atoms with Gasteiger partial charge in [0.05, 0.1) is 0 Å². The van der Waals surface area contributed by atoms with Gasteiger partial charge in [0.1, 0.15) is 12.0 Å². The highest BCUT2D eigenvalue weighted by atomic mass is 16.7. The zero-order valence-corrected chi connectivity index (χ0v) is 8.27. The first kappa shape index (κ1) is 9.13. The maximum Gasteiger partial charge on any atom is 0.229 e. The fourth-order valence-corrected chi connectivity index (χ4v) is 1.58. The SMILES string of the molecule is CC(Cc1ccccc1)C1=COCO1. The van der Waals surface area contributed by atoms with Crippen molar-refractivity contribution < 1.29 is 9.47 Å².